The van der Waals surface area contributed by atoms with E-state index in [1.807, 2.05) is 25.1 Å². The Hall–Kier alpha value is -1.89. The van der Waals surface area contributed by atoms with Gasteiger partial charge in [-0.3, -0.25) is 4.79 Å². The van der Waals surface area contributed by atoms with Crippen molar-refractivity contribution in [3.05, 3.63) is 35.9 Å². The highest BCUT2D eigenvalue weighted by Crippen LogP contribution is 2.23. The quantitative estimate of drug-likeness (QED) is 0.692. The molecule has 2 unspecified atom stereocenters. The molecule has 2 aromatic rings. The molecule has 0 spiro atoms. The number of nitrogens with zero attached hydrogens (tertiary/aromatic N) is 4. The van der Waals surface area contributed by atoms with Crippen LogP contribution < -0.4 is 5.32 Å². The molecule has 0 bridgehead atoms. The number of carbonyl (C=O) groups is 1. The van der Waals surface area contributed by atoms with Crippen LogP contribution in [0.5, 0.6) is 0 Å². The Morgan fingerprint density at radius 2 is 1.96 bits per heavy atom. The zero-order valence-corrected chi connectivity index (χ0v) is 16.2. The summed E-state index contributed by atoms with van der Waals surface area (Å²) in [6.45, 7) is 8.98. The summed E-state index contributed by atoms with van der Waals surface area (Å²) in [4.78, 5) is 12.7. The maximum absolute atomic E-state index is 12.7. The summed E-state index contributed by atoms with van der Waals surface area (Å²) in [7, 11) is 0. The molecule has 0 fully saturated rings. The van der Waals surface area contributed by atoms with Crippen molar-refractivity contribution in [2.45, 2.75) is 63.5 Å². The fraction of sp³-hybridized carbons (Fsp3) is 0.556. The molecule has 136 valence electrons. The van der Waals surface area contributed by atoms with Gasteiger partial charge in [0, 0.05) is 6.54 Å². The molecule has 6 nitrogen and oxygen atoms in total. The molecule has 1 aromatic heterocycles. The Morgan fingerprint density at radius 3 is 2.60 bits per heavy atom. The third-order valence-corrected chi connectivity index (χ3v) is 4.86. The number of hydrogen-bond donors (Lipinski definition) is 1. The Morgan fingerprint density at radius 1 is 1.24 bits per heavy atom. The van der Waals surface area contributed by atoms with Gasteiger partial charge in [-0.05, 0) is 35.3 Å². The van der Waals surface area contributed by atoms with Crippen LogP contribution in [0.2, 0.25) is 0 Å². The number of nitrogens with one attached hydrogen (secondary N) is 1. The first-order chi connectivity index (χ1) is 12.0. The summed E-state index contributed by atoms with van der Waals surface area (Å²) < 4.78 is 1.76. The molecule has 25 heavy (non-hydrogen) atoms. The van der Waals surface area contributed by atoms with Crippen molar-refractivity contribution in [3.8, 4) is 0 Å². The molecule has 2 atom stereocenters. The molecule has 0 saturated carbocycles. The van der Waals surface area contributed by atoms with Crippen LogP contribution in [0.1, 0.15) is 52.1 Å². The third kappa shape index (κ3) is 5.85. The summed E-state index contributed by atoms with van der Waals surface area (Å²) in [5.41, 5.74) is 1.14. The first-order valence-electron chi connectivity index (χ1n) is 8.79. The summed E-state index contributed by atoms with van der Waals surface area (Å²) in [6, 6.07) is 10.1. The minimum absolute atomic E-state index is 0.00593. The fourth-order valence-corrected chi connectivity index (χ4v) is 3.35. The lowest BCUT2D eigenvalue weighted by atomic mass is 10.0. The van der Waals surface area contributed by atoms with Crippen LogP contribution in [-0.2, 0) is 11.3 Å². The highest BCUT2D eigenvalue weighted by atomic mass is 32.2. The van der Waals surface area contributed by atoms with Gasteiger partial charge in [-0.1, -0.05) is 69.3 Å². The summed E-state index contributed by atoms with van der Waals surface area (Å²) in [5.74, 6) is 0.449. The van der Waals surface area contributed by atoms with E-state index in [0.29, 0.717) is 11.1 Å². The fourth-order valence-electron chi connectivity index (χ4n) is 2.54. The maximum atomic E-state index is 12.7. The molecule has 0 aliphatic heterocycles. The highest BCUT2D eigenvalue weighted by molar-refractivity contribution is 8.00. The summed E-state index contributed by atoms with van der Waals surface area (Å²) in [6.07, 6.45) is 1.92. The monoisotopic (exact) mass is 361 g/mol. The van der Waals surface area contributed by atoms with E-state index < -0.39 is 0 Å². The molecule has 0 saturated heterocycles. The van der Waals surface area contributed by atoms with Gasteiger partial charge in [-0.25, -0.2) is 4.68 Å². The predicted octanol–water partition coefficient (Wildman–Crippen LogP) is 3.47. The highest BCUT2D eigenvalue weighted by Gasteiger charge is 2.22. The molecular formula is C18H27N5OS. The second-order valence-electron chi connectivity index (χ2n) is 6.56. The van der Waals surface area contributed by atoms with Crippen molar-refractivity contribution in [2.24, 2.45) is 5.92 Å². The minimum Gasteiger partial charge on any atom is -0.348 e. The van der Waals surface area contributed by atoms with Crippen LogP contribution in [0.4, 0.5) is 0 Å². The van der Waals surface area contributed by atoms with Crippen LogP contribution in [0, 0.1) is 5.92 Å². The first kappa shape index (κ1) is 19.4. The van der Waals surface area contributed by atoms with E-state index in [4.69, 9.17) is 0 Å². The van der Waals surface area contributed by atoms with E-state index in [1.165, 1.54) is 11.8 Å². The standard InChI is InChI=1S/C18H27N5OS/c1-5-9-16(15-10-7-6-8-11-15)19-17(24)14(4)25-18-20-21-22-23(18)12-13(2)3/h6-8,10-11,13-14,16H,5,9,12H2,1-4H3,(H,19,24). The Balaban J connectivity index is 2.00. The van der Waals surface area contributed by atoms with E-state index in [1.54, 1.807) is 4.68 Å². The smallest absolute Gasteiger partial charge is 0.233 e. The van der Waals surface area contributed by atoms with E-state index >= 15 is 0 Å². The number of amides is 1. The van der Waals surface area contributed by atoms with Crippen LogP contribution in [0.15, 0.2) is 35.5 Å². The number of aromatic nitrogens is 4. The number of tetrazole rings is 1. The molecule has 1 heterocycles. The van der Waals surface area contributed by atoms with Crippen LogP contribution in [0.25, 0.3) is 0 Å². The molecule has 0 aliphatic rings. The van der Waals surface area contributed by atoms with Gasteiger partial charge in [-0.2, -0.15) is 0 Å². The molecule has 0 aliphatic carbocycles. The second-order valence-corrected chi connectivity index (χ2v) is 7.87. The van der Waals surface area contributed by atoms with Crippen molar-refractivity contribution in [1.82, 2.24) is 25.5 Å². The van der Waals surface area contributed by atoms with Crippen LogP contribution >= 0.6 is 11.8 Å². The Labute approximate surface area is 153 Å². The van der Waals surface area contributed by atoms with Crippen molar-refractivity contribution in [1.29, 1.82) is 0 Å². The predicted molar refractivity (Wildman–Crippen MR) is 100 cm³/mol. The van der Waals surface area contributed by atoms with E-state index in [9.17, 15) is 4.79 Å². The van der Waals surface area contributed by atoms with Crippen LogP contribution in [0.3, 0.4) is 0 Å². The van der Waals surface area contributed by atoms with Crippen molar-refractivity contribution >= 4 is 17.7 Å². The van der Waals surface area contributed by atoms with Gasteiger partial charge in [-0.15, -0.1) is 5.10 Å². The number of hydrogen-bond acceptors (Lipinski definition) is 5. The average molecular weight is 362 g/mol. The molecule has 0 radical (unpaired) electrons. The first-order valence-corrected chi connectivity index (χ1v) is 9.67. The van der Waals surface area contributed by atoms with Crippen molar-refractivity contribution < 1.29 is 4.79 Å². The number of carbonyl (C=O) groups excluding carboxylic acids is 1. The zero-order valence-electron chi connectivity index (χ0n) is 15.3. The Kier molecular flexibility index (Phi) is 7.43. The van der Waals surface area contributed by atoms with Crippen molar-refractivity contribution in [2.75, 3.05) is 0 Å². The average Bonchev–Trinajstić information content (AvgIpc) is 3.01. The van der Waals surface area contributed by atoms with Crippen LogP contribution in [-0.4, -0.2) is 31.4 Å². The molecule has 1 N–H and O–H groups in total. The SMILES string of the molecule is CCCC(NC(=O)C(C)Sc1nnnn1CC(C)C)c1ccccc1. The van der Waals surface area contributed by atoms with E-state index in [2.05, 4.69) is 53.7 Å². The normalized spacial score (nSPS) is 13.6. The van der Waals surface area contributed by atoms with Crippen molar-refractivity contribution in [3.63, 3.8) is 0 Å². The molecule has 1 aromatic carbocycles. The molecule has 1 amide bonds. The van der Waals surface area contributed by atoms with Gasteiger partial charge in [0.25, 0.3) is 0 Å². The number of thioether (sulfide) groups is 1. The third-order valence-electron chi connectivity index (χ3n) is 3.78. The van der Waals surface area contributed by atoms with Gasteiger partial charge < -0.3 is 5.32 Å². The van der Waals surface area contributed by atoms with E-state index in [-0.39, 0.29) is 17.2 Å². The summed E-state index contributed by atoms with van der Waals surface area (Å²) in [5, 5.41) is 15.4. The maximum Gasteiger partial charge on any atom is 0.233 e. The Bertz CT molecular complexity index is 658. The lowest BCUT2D eigenvalue weighted by Gasteiger charge is -2.21. The minimum atomic E-state index is -0.264. The lowest BCUT2D eigenvalue weighted by molar-refractivity contribution is -0.121. The van der Waals surface area contributed by atoms with E-state index in [0.717, 1.165) is 24.9 Å². The van der Waals surface area contributed by atoms with Gasteiger partial charge in [0.2, 0.25) is 11.1 Å². The van der Waals surface area contributed by atoms with Gasteiger partial charge in [0.15, 0.2) is 0 Å². The van der Waals surface area contributed by atoms with Gasteiger partial charge in [0.1, 0.15) is 0 Å². The summed E-state index contributed by atoms with van der Waals surface area (Å²) >= 11 is 1.40. The van der Waals surface area contributed by atoms with Gasteiger partial charge >= 0.3 is 0 Å². The second kappa shape index (κ2) is 9.56. The number of benzene rings is 1. The zero-order chi connectivity index (χ0) is 18.2. The largest absolute Gasteiger partial charge is 0.348 e. The molecular weight excluding hydrogens is 334 g/mol. The topological polar surface area (TPSA) is 72.7 Å². The lowest BCUT2D eigenvalue weighted by Crippen LogP contribution is -2.34. The molecule has 7 heteroatoms. The molecule has 2 rings (SSSR count). The van der Waals surface area contributed by atoms with Gasteiger partial charge in [0.05, 0.1) is 11.3 Å². The number of rotatable bonds is 9.